The zero-order chi connectivity index (χ0) is 30.7. The lowest BCUT2D eigenvalue weighted by Crippen LogP contribution is -2.52. The second kappa shape index (κ2) is 15.4. The SMILES string of the molecule is CCOCCOCCOCCn1cnc(-c2cccc(OC(=O)[C@H]3[C@@H](c4ccccc4)[C@H](C(=O)O)[C@@H]3c3ccccc3)c2)c1. The summed E-state index contributed by atoms with van der Waals surface area (Å²) < 4.78 is 24.2. The number of hydrogen-bond donors (Lipinski definition) is 1. The van der Waals surface area contributed by atoms with E-state index in [1.807, 2.05) is 90.5 Å². The van der Waals surface area contributed by atoms with Crippen LogP contribution in [-0.4, -0.2) is 66.2 Å². The maximum Gasteiger partial charge on any atom is 0.315 e. The average molecular weight is 599 g/mol. The molecule has 9 heteroatoms. The lowest BCUT2D eigenvalue weighted by molar-refractivity contribution is -0.158. The molecular weight excluding hydrogens is 560 g/mol. The summed E-state index contributed by atoms with van der Waals surface area (Å²) in [6, 6.07) is 25.9. The second-order valence-corrected chi connectivity index (χ2v) is 10.6. The minimum Gasteiger partial charge on any atom is -0.481 e. The Balaban J connectivity index is 1.23. The van der Waals surface area contributed by atoms with Crippen molar-refractivity contribution < 1.29 is 33.6 Å². The number of imidazole rings is 1. The van der Waals surface area contributed by atoms with E-state index in [1.165, 1.54) is 0 Å². The molecule has 4 aromatic rings. The molecule has 2 atom stereocenters. The first-order chi connectivity index (χ1) is 21.6. The molecular formula is C35H38N2O7. The standard InChI is InChI=1S/C35H38N2O7/c1-2-41-18-19-43-21-20-42-17-16-37-23-29(36-24-37)27-14-9-15-28(22-27)44-35(40)33-30(25-10-5-3-6-11-25)32(34(38)39)31(33)26-12-7-4-8-13-26/h3-15,22-24,30-33H,2,16-21H2,1H3,(H,38,39)/t30-,31-,32-,33-/m0/s1. The molecule has 0 saturated heterocycles. The smallest absolute Gasteiger partial charge is 0.315 e. The topological polar surface area (TPSA) is 109 Å². The number of aliphatic carboxylic acids is 1. The van der Waals surface area contributed by atoms with Crippen molar-refractivity contribution in [3.63, 3.8) is 0 Å². The molecule has 3 aromatic carbocycles. The van der Waals surface area contributed by atoms with E-state index >= 15 is 0 Å². The fourth-order valence-corrected chi connectivity index (χ4v) is 5.82. The number of benzene rings is 3. The molecule has 1 N–H and O–H groups in total. The van der Waals surface area contributed by atoms with Crippen molar-refractivity contribution in [1.29, 1.82) is 0 Å². The van der Waals surface area contributed by atoms with E-state index in [9.17, 15) is 14.7 Å². The van der Waals surface area contributed by atoms with E-state index in [-0.39, 0.29) is 0 Å². The van der Waals surface area contributed by atoms with Crippen LogP contribution in [0.25, 0.3) is 11.3 Å². The van der Waals surface area contributed by atoms with Crippen LogP contribution in [0.5, 0.6) is 5.75 Å². The van der Waals surface area contributed by atoms with Crippen molar-refractivity contribution >= 4 is 11.9 Å². The summed E-state index contributed by atoms with van der Waals surface area (Å²) in [6.45, 7) is 5.95. The van der Waals surface area contributed by atoms with Crippen LogP contribution in [0, 0.1) is 11.8 Å². The summed E-state index contributed by atoms with van der Waals surface area (Å²) in [6.07, 6.45) is 3.66. The Morgan fingerprint density at radius 2 is 1.39 bits per heavy atom. The van der Waals surface area contributed by atoms with Crippen LogP contribution in [0.1, 0.15) is 29.9 Å². The van der Waals surface area contributed by atoms with Gasteiger partial charge in [-0.1, -0.05) is 72.8 Å². The molecule has 0 aliphatic heterocycles. The van der Waals surface area contributed by atoms with Crippen LogP contribution in [0.2, 0.25) is 0 Å². The summed E-state index contributed by atoms with van der Waals surface area (Å²) in [5, 5.41) is 10.2. The molecule has 1 aliphatic rings. The lowest BCUT2D eigenvalue weighted by Gasteiger charge is -2.48. The summed E-state index contributed by atoms with van der Waals surface area (Å²) in [7, 11) is 0. The zero-order valence-corrected chi connectivity index (χ0v) is 24.8. The summed E-state index contributed by atoms with van der Waals surface area (Å²) >= 11 is 0. The van der Waals surface area contributed by atoms with Gasteiger partial charge in [0.2, 0.25) is 0 Å². The van der Waals surface area contributed by atoms with Crippen LogP contribution in [0.15, 0.2) is 97.5 Å². The third-order valence-corrected chi connectivity index (χ3v) is 7.90. The Labute approximate surface area is 257 Å². The molecule has 0 spiro atoms. The summed E-state index contributed by atoms with van der Waals surface area (Å²) in [4.78, 5) is 30.8. The molecule has 0 amide bonds. The number of carbonyl (C=O) groups excluding carboxylic acids is 1. The van der Waals surface area contributed by atoms with Gasteiger partial charge in [-0.05, 0) is 30.2 Å². The fourth-order valence-electron chi connectivity index (χ4n) is 5.82. The third-order valence-electron chi connectivity index (χ3n) is 7.90. The molecule has 44 heavy (non-hydrogen) atoms. The van der Waals surface area contributed by atoms with Gasteiger partial charge in [-0.25, -0.2) is 4.98 Å². The highest BCUT2D eigenvalue weighted by atomic mass is 16.5. The monoisotopic (exact) mass is 598 g/mol. The minimum absolute atomic E-state index is 0.382. The van der Waals surface area contributed by atoms with E-state index in [2.05, 4.69) is 4.98 Å². The van der Waals surface area contributed by atoms with E-state index in [4.69, 9.17) is 18.9 Å². The van der Waals surface area contributed by atoms with Crippen molar-refractivity contribution in [1.82, 2.24) is 9.55 Å². The van der Waals surface area contributed by atoms with Crippen LogP contribution in [0.3, 0.4) is 0 Å². The number of rotatable bonds is 16. The van der Waals surface area contributed by atoms with E-state index in [0.717, 1.165) is 22.4 Å². The molecule has 0 bridgehead atoms. The maximum absolute atomic E-state index is 13.8. The van der Waals surface area contributed by atoms with Gasteiger partial charge in [0.25, 0.3) is 0 Å². The van der Waals surface area contributed by atoms with Gasteiger partial charge in [0.15, 0.2) is 0 Å². The Hall–Kier alpha value is -4.31. The number of carbonyl (C=O) groups is 2. The van der Waals surface area contributed by atoms with Gasteiger partial charge >= 0.3 is 11.9 Å². The molecule has 1 saturated carbocycles. The molecule has 1 fully saturated rings. The van der Waals surface area contributed by atoms with Crippen LogP contribution >= 0.6 is 0 Å². The molecule has 9 nitrogen and oxygen atoms in total. The Bertz CT molecular complexity index is 1440. The molecule has 1 aromatic heterocycles. The second-order valence-electron chi connectivity index (χ2n) is 10.6. The molecule has 1 aliphatic carbocycles. The maximum atomic E-state index is 13.8. The lowest BCUT2D eigenvalue weighted by atomic mass is 9.52. The normalized spacial score (nSPS) is 19.3. The highest BCUT2D eigenvalue weighted by Gasteiger charge is 2.59. The molecule has 230 valence electrons. The van der Waals surface area contributed by atoms with Crippen molar-refractivity contribution in [2.24, 2.45) is 11.8 Å². The van der Waals surface area contributed by atoms with Gasteiger partial charge in [0, 0.05) is 36.7 Å². The van der Waals surface area contributed by atoms with Crippen molar-refractivity contribution in [2.45, 2.75) is 25.3 Å². The number of nitrogens with zero attached hydrogens (tertiary/aromatic N) is 2. The van der Waals surface area contributed by atoms with Crippen LogP contribution in [0.4, 0.5) is 0 Å². The fraction of sp³-hybridized carbons (Fsp3) is 0.343. The summed E-state index contributed by atoms with van der Waals surface area (Å²) in [5.41, 5.74) is 3.16. The van der Waals surface area contributed by atoms with Crippen LogP contribution in [-0.2, 0) is 30.3 Å². The highest BCUT2D eigenvalue weighted by molar-refractivity contribution is 5.85. The predicted molar refractivity (Wildman–Crippen MR) is 164 cm³/mol. The Morgan fingerprint density at radius 1 is 0.773 bits per heavy atom. The van der Waals surface area contributed by atoms with Gasteiger partial charge in [-0.15, -0.1) is 0 Å². The van der Waals surface area contributed by atoms with E-state index in [1.54, 1.807) is 18.5 Å². The molecule has 0 radical (unpaired) electrons. The van der Waals surface area contributed by atoms with Crippen molar-refractivity contribution in [2.75, 3.05) is 39.6 Å². The Morgan fingerprint density at radius 3 is 2.00 bits per heavy atom. The first kappa shape index (κ1) is 31.1. The van der Waals surface area contributed by atoms with Gasteiger partial charge in [-0.3, -0.25) is 9.59 Å². The number of carboxylic acids is 1. The van der Waals surface area contributed by atoms with Gasteiger partial charge in [0.1, 0.15) is 5.75 Å². The first-order valence-electron chi connectivity index (χ1n) is 15.0. The minimum atomic E-state index is -0.925. The Kier molecular flexibility index (Phi) is 10.9. The third kappa shape index (κ3) is 7.60. The molecule has 1 heterocycles. The number of carboxylic acid groups (broad SMARTS) is 1. The number of aromatic nitrogens is 2. The summed E-state index contributed by atoms with van der Waals surface area (Å²) in [5.74, 6) is -3.41. The number of ether oxygens (including phenoxy) is 4. The van der Waals surface area contributed by atoms with E-state index in [0.29, 0.717) is 51.9 Å². The largest absolute Gasteiger partial charge is 0.481 e. The number of hydrogen-bond acceptors (Lipinski definition) is 7. The van der Waals surface area contributed by atoms with Gasteiger partial charge in [-0.2, -0.15) is 0 Å². The average Bonchev–Trinajstić information content (AvgIpc) is 3.50. The predicted octanol–water partition coefficient (Wildman–Crippen LogP) is 5.42. The van der Waals surface area contributed by atoms with Crippen LogP contribution < -0.4 is 4.74 Å². The van der Waals surface area contributed by atoms with E-state index < -0.39 is 35.6 Å². The number of esters is 1. The van der Waals surface area contributed by atoms with Gasteiger partial charge in [0.05, 0.1) is 56.9 Å². The first-order valence-corrected chi connectivity index (χ1v) is 15.0. The molecule has 5 rings (SSSR count). The van der Waals surface area contributed by atoms with Gasteiger partial charge < -0.3 is 28.6 Å². The van der Waals surface area contributed by atoms with Crippen molar-refractivity contribution in [3.05, 3.63) is 109 Å². The zero-order valence-electron chi connectivity index (χ0n) is 24.8. The van der Waals surface area contributed by atoms with Crippen molar-refractivity contribution in [3.8, 4) is 17.0 Å². The molecule has 0 unspecified atom stereocenters. The quantitative estimate of drug-likeness (QED) is 0.103. The highest BCUT2D eigenvalue weighted by Crippen LogP contribution is 2.58.